The SMILES string of the molecule is COc1ccc(NC(=O)c2ccccc2NC(=O)C[NH+](C)CC(=O)NC(C)C)cc1. The summed E-state index contributed by atoms with van der Waals surface area (Å²) in [6.45, 7) is 4.05. The van der Waals surface area contributed by atoms with Crippen LogP contribution in [0, 0.1) is 0 Å². The minimum absolute atomic E-state index is 0.0511. The molecule has 0 aliphatic rings. The molecule has 8 heteroatoms. The van der Waals surface area contributed by atoms with Gasteiger partial charge in [-0.2, -0.15) is 0 Å². The van der Waals surface area contributed by atoms with Gasteiger partial charge in [0.2, 0.25) is 0 Å². The second-order valence-electron chi connectivity index (χ2n) is 7.31. The molecule has 160 valence electrons. The molecule has 0 aromatic heterocycles. The Hall–Kier alpha value is -3.39. The monoisotopic (exact) mass is 413 g/mol. The molecule has 0 heterocycles. The van der Waals surface area contributed by atoms with Crippen LogP contribution < -0.4 is 25.6 Å². The van der Waals surface area contributed by atoms with Crippen molar-refractivity contribution >= 4 is 29.1 Å². The average Bonchev–Trinajstić information content (AvgIpc) is 2.67. The van der Waals surface area contributed by atoms with E-state index in [4.69, 9.17) is 4.74 Å². The number of para-hydroxylation sites is 1. The maximum atomic E-state index is 12.7. The lowest BCUT2D eigenvalue weighted by molar-refractivity contribution is -0.862. The summed E-state index contributed by atoms with van der Waals surface area (Å²) < 4.78 is 5.11. The van der Waals surface area contributed by atoms with Crippen LogP contribution in [0.15, 0.2) is 48.5 Å². The number of rotatable bonds is 9. The number of quaternary nitrogens is 1. The minimum Gasteiger partial charge on any atom is -0.497 e. The first-order valence-electron chi connectivity index (χ1n) is 9.73. The Balaban J connectivity index is 1.99. The Morgan fingerprint density at radius 2 is 1.57 bits per heavy atom. The summed E-state index contributed by atoms with van der Waals surface area (Å²) >= 11 is 0. The van der Waals surface area contributed by atoms with Gasteiger partial charge in [0.1, 0.15) is 5.75 Å². The van der Waals surface area contributed by atoms with E-state index in [-0.39, 0.29) is 36.9 Å². The van der Waals surface area contributed by atoms with Crippen molar-refractivity contribution in [3.05, 3.63) is 54.1 Å². The van der Waals surface area contributed by atoms with Crippen LogP contribution in [0.3, 0.4) is 0 Å². The summed E-state index contributed by atoms with van der Waals surface area (Å²) in [4.78, 5) is 37.7. The predicted octanol–water partition coefficient (Wildman–Crippen LogP) is 0.925. The highest BCUT2D eigenvalue weighted by Crippen LogP contribution is 2.19. The zero-order chi connectivity index (χ0) is 22.1. The van der Waals surface area contributed by atoms with E-state index in [1.54, 1.807) is 62.7 Å². The molecule has 8 nitrogen and oxygen atoms in total. The highest BCUT2D eigenvalue weighted by atomic mass is 16.5. The lowest BCUT2D eigenvalue weighted by Crippen LogP contribution is -3.11. The third-order valence-electron chi connectivity index (χ3n) is 4.17. The quantitative estimate of drug-likeness (QED) is 0.491. The number of hydrogen-bond acceptors (Lipinski definition) is 4. The number of ether oxygens (including phenoxy) is 1. The predicted molar refractivity (Wildman–Crippen MR) is 116 cm³/mol. The van der Waals surface area contributed by atoms with Gasteiger partial charge in [-0.1, -0.05) is 12.1 Å². The number of carbonyl (C=O) groups excluding carboxylic acids is 3. The lowest BCUT2D eigenvalue weighted by Gasteiger charge is -2.16. The minimum atomic E-state index is -0.340. The molecule has 2 aromatic carbocycles. The van der Waals surface area contributed by atoms with Crippen LogP contribution in [0.1, 0.15) is 24.2 Å². The van der Waals surface area contributed by atoms with E-state index in [1.807, 2.05) is 13.8 Å². The molecule has 0 aliphatic carbocycles. The lowest BCUT2D eigenvalue weighted by atomic mass is 10.1. The molecule has 0 fully saturated rings. The van der Waals surface area contributed by atoms with Crippen LogP contribution in [-0.2, 0) is 9.59 Å². The number of carbonyl (C=O) groups is 3. The fourth-order valence-corrected chi connectivity index (χ4v) is 2.84. The van der Waals surface area contributed by atoms with Crippen LogP contribution in [0.5, 0.6) is 5.75 Å². The zero-order valence-electron chi connectivity index (χ0n) is 17.7. The van der Waals surface area contributed by atoms with Gasteiger partial charge in [-0.25, -0.2) is 0 Å². The van der Waals surface area contributed by atoms with Crippen molar-refractivity contribution in [3.63, 3.8) is 0 Å². The summed E-state index contributed by atoms with van der Waals surface area (Å²) in [7, 11) is 3.34. The molecule has 0 spiro atoms. The van der Waals surface area contributed by atoms with Crippen molar-refractivity contribution in [1.29, 1.82) is 0 Å². The average molecular weight is 413 g/mol. The second-order valence-corrected chi connectivity index (χ2v) is 7.31. The third-order valence-corrected chi connectivity index (χ3v) is 4.17. The summed E-state index contributed by atoms with van der Waals surface area (Å²) in [5.41, 5.74) is 1.37. The molecule has 0 bridgehead atoms. The molecular formula is C22H29N4O4+. The summed E-state index contributed by atoms with van der Waals surface area (Å²) in [6.07, 6.45) is 0. The molecule has 1 unspecified atom stereocenters. The number of methoxy groups -OCH3 is 1. The maximum Gasteiger partial charge on any atom is 0.279 e. The molecule has 0 saturated heterocycles. The van der Waals surface area contributed by atoms with Gasteiger partial charge in [0.05, 0.1) is 25.4 Å². The second kappa shape index (κ2) is 11.0. The van der Waals surface area contributed by atoms with Gasteiger partial charge in [0.25, 0.3) is 17.7 Å². The number of benzene rings is 2. The number of likely N-dealkylation sites (N-methyl/N-ethyl adjacent to an activating group) is 1. The van der Waals surface area contributed by atoms with Gasteiger partial charge in [-0.15, -0.1) is 0 Å². The molecule has 4 N–H and O–H groups in total. The van der Waals surface area contributed by atoms with E-state index in [9.17, 15) is 14.4 Å². The standard InChI is InChI=1S/C22H28N4O4/c1-15(2)23-20(27)13-26(3)14-21(28)25-19-8-6-5-7-18(19)22(29)24-16-9-11-17(30-4)12-10-16/h5-12,15H,13-14H2,1-4H3,(H,23,27)(H,24,29)(H,25,28)/p+1. The van der Waals surface area contributed by atoms with Crippen molar-refractivity contribution in [3.8, 4) is 5.75 Å². The van der Waals surface area contributed by atoms with Crippen LogP contribution in [-0.4, -0.2) is 51.0 Å². The molecule has 0 saturated carbocycles. The molecule has 2 rings (SSSR count). The van der Waals surface area contributed by atoms with Crippen molar-refractivity contribution in [2.75, 3.05) is 37.9 Å². The summed E-state index contributed by atoms with van der Waals surface area (Å²) in [6, 6.07) is 13.8. The van der Waals surface area contributed by atoms with Gasteiger partial charge in [-0.3, -0.25) is 14.4 Å². The van der Waals surface area contributed by atoms with E-state index in [1.165, 1.54) is 0 Å². The number of amides is 3. The Morgan fingerprint density at radius 3 is 2.20 bits per heavy atom. The number of nitrogens with one attached hydrogen (secondary N) is 4. The maximum absolute atomic E-state index is 12.7. The fourth-order valence-electron chi connectivity index (χ4n) is 2.84. The Kier molecular flexibility index (Phi) is 8.37. The van der Waals surface area contributed by atoms with Crippen LogP contribution >= 0.6 is 0 Å². The van der Waals surface area contributed by atoms with Crippen LogP contribution in [0.25, 0.3) is 0 Å². The van der Waals surface area contributed by atoms with Gasteiger partial charge >= 0.3 is 0 Å². The molecule has 30 heavy (non-hydrogen) atoms. The van der Waals surface area contributed by atoms with Gasteiger partial charge < -0.3 is 25.6 Å². The molecule has 2 aromatic rings. The molecule has 0 aliphatic heterocycles. The Morgan fingerprint density at radius 1 is 0.933 bits per heavy atom. The smallest absolute Gasteiger partial charge is 0.279 e. The first kappa shape index (κ1) is 22.9. The van der Waals surface area contributed by atoms with Gasteiger partial charge in [-0.05, 0) is 50.2 Å². The van der Waals surface area contributed by atoms with Crippen molar-refractivity contribution in [2.24, 2.45) is 0 Å². The van der Waals surface area contributed by atoms with E-state index in [0.29, 0.717) is 22.7 Å². The van der Waals surface area contributed by atoms with Gasteiger partial charge in [0, 0.05) is 11.7 Å². The summed E-state index contributed by atoms with van der Waals surface area (Å²) in [5, 5.41) is 8.37. The number of anilines is 2. The molecule has 0 radical (unpaired) electrons. The van der Waals surface area contributed by atoms with Crippen molar-refractivity contribution < 1.29 is 24.0 Å². The molecular weight excluding hydrogens is 384 g/mol. The van der Waals surface area contributed by atoms with E-state index >= 15 is 0 Å². The normalized spacial score (nSPS) is 11.5. The van der Waals surface area contributed by atoms with Crippen molar-refractivity contribution in [2.45, 2.75) is 19.9 Å². The highest BCUT2D eigenvalue weighted by molar-refractivity contribution is 6.10. The van der Waals surface area contributed by atoms with Crippen LogP contribution in [0.4, 0.5) is 11.4 Å². The molecule has 1 atom stereocenters. The zero-order valence-corrected chi connectivity index (χ0v) is 17.7. The first-order chi connectivity index (χ1) is 14.3. The Bertz CT molecular complexity index is 881. The molecule has 3 amide bonds. The van der Waals surface area contributed by atoms with Crippen molar-refractivity contribution in [1.82, 2.24) is 5.32 Å². The van der Waals surface area contributed by atoms with E-state index < -0.39 is 0 Å². The third kappa shape index (κ3) is 7.21. The largest absolute Gasteiger partial charge is 0.497 e. The highest BCUT2D eigenvalue weighted by Gasteiger charge is 2.17. The number of hydrogen-bond donors (Lipinski definition) is 4. The van der Waals surface area contributed by atoms with E-state index in [2.05, 4.69) is 16.0 Å². The van der Waals surface area contributed by atoms with Crippen LogP contribution in [0.2, 0.25) is 0 Å². The summed E-state index contributed by atoms with van der Waals surface area (Å²) in [5.74, 6) is -0.0495. The van der Waals surface area contributed by atoms with Gasteiger partial charge in [0.15, 0.2) is 13.1 Å². The van der Waals surface area contributed by atoms with E-state index in [0.717, 1.165) is 4.90 Å². The first-order valence-corrected chi connectivity index (χ1v) is 9.73. The topological polar surface area (TPSA) is 101 Å². The Labute approximate surface area is 176 Å². The fraction of sp³-hybridized carbons (Fsp3) is 0.318.